The third kappa shape index (κ3) is 2.40. The number of aryl methyl sites for hydroxylation is 1. The number of nitrogens with zero attached hydrogens (tertiary/aromatic N) is 3. The van der Waals surface area contributed by atoms with Crippen molar-refractivity contribution in [2.45, 2.75) is 13.5 Å². The minimum absolute atomic E-state index is 0.274. The van der Waals surface area contributed by atoms with Gasteiger partial charge in [0.05, 0.1) is 11.9 Å². The van der Waals surface area contributed by atoms with E-state index in [9.17, 15) is 0 Å². The number of anilines is 2. The summed E-state index contributed by atoms with van der Waals surface area (Å²) in [6.07, 6.45) is 1.86. The first-order valence-corrected chi connectivity index (χ1v) is 6.61. The summed E-state index contributed by atoms with van der Waals surface area (Å²) in [5.74, 6) is 0.274. The summed E-state index contributed by atoms with van der Waals surface area (Å²) >= 11 is 6.14. The van der Waals surface area contributed by atoms with Crippen molar-refractivity contribution in [2.75, 3.05) is 11.1 Å². The van der Waals surface area contributed by atoms with E-state index >= 15 is 0 Å². The van der Waals surface area contributed by atoms with Crippen molar-refractivity contribution < 1.29 is 0 Å². The molecule has 102 valence electrons. The normalized spacial score (nSPS) is 10.9. The maximum Gasteiger partial charge on any atom is 0.240 e. The molecule has 0 radical (unpaired) electrons. The number of benzene rings is 1. The van der Waals surface area contributed by atoms with E-state index < -0.39 is 0 Å². The number of hydrogen-bond acceptors (Lipinski definition) is 4. The topological polar surface area (TPSA) is 68.2 Å². The lowest BCUT2D eigenvalue weighted by Gasteiger charge is -2.09. The lowest BCUT2D eigenvalue weighted by Crippen LogP contribution is -2.02. The van der Waals surface area contributed by atoms with Crippen LogP contribution < -0.4 is 11.1 Å². The van der Waals surface area contributed by atoms with Crippen LogP contribution in [-0.4, -0.2) is 14.6 Å². The monoisotopic (exact) mass is 287 g/mol. The molecule has 0 amide bonds. The first kappa shape index (κ1) is 12.7. The molecular formula is C14H14ClN5. The summed E-state index contributed by atoms with van der Waals surface area (Å²) < 4.78 is 1.68. The molecule has 0 unspecified atom stereocenters. The number of rotatable bonds is 3. The van der Waals surface area contributed by atoms with Crippen molar-refractivity contribution in [3.8, 4) is 0 Å². The van der Waals surface area contributed by atoms with Crippen LogP contribution in [0.5, 0.6) is 0 Å². The maximum atomic E-state index is 6.14. The Morgan fingerprint density at radius 1 is 1.35 bits per heavy atom. The van der Waals surface area contributed by atoms with Crippen LogP contribution in [0.25, 0.3) is 5.65 Å². The number of hydrogen-bond donors (Lipinski definition) is 2. The second-order valence-electron chi connectivity index (χ2n) is 4.59. The van der Waals surface area contributed by atoms with Crippen molar-refractivity contribution in [1.29, 1.82) is 0 Å². The summed E-state index contributed by atoms with van der Waals surface area (Å²) in [6.45, 7) is 2.62. The maximum absolute atomic E-state index is 6.14. The molecule has 0 saturated carbocycles. The van der Waals surface area contributed by atoms with Gasteiger partial charge in [-0.25, -0.2) is 4.52 Å². The van der Waals surface area contributed by atoms with Gasteiger partial charge in [0.15, 0.2) is 5.65 Å². The highest BCUT2D eigenvalue weighted by molar-refractivity contribution is 6.31. The number of nitrogen functional groups attached to an aromatic ring is 1. The molecule has 5 nitrogen and oxygen atoms in total. The second-order valence-corrected chi connectivity index (χ2v) is 5.00. The van der Waals surface area contributed by atoms with Gasteiger partial charge in [0.1, 0.15) is 0 Å². The van der Waals surface area contributed by atoms with Gasteiger partial charge in [-0.3, -0.25) is 0 Å². The van der Waals surface area contributed by atoms with E-state index in [1.54, 1.807) is 4.52 Å². The summed E-state index contributed by atoms with van der Waals surface area (Å²) in [6, 6.07) is 9.77. The van der Waals surface area contributed by atoms with Crippen LogP contribution in [-0.2, 0) is 6.54 Å². The Hall–Kier alpha value is -2.27. The fraction of sp³-hybridized carbons (Fsp3) is 0.143. The van der Waals surface area contributed by atoms with E-state index in [2.05, 4.69) is 15.4 Å². The molecule has 0 saturated heterocycles. The van der Waals surface area contributed by atoms with Gasteiger partial charge in [-0.05, 0) is 30.2 Å². The average Bonchev–Trinajstić information content (AvgIpc) is 2.79. The van der Waals surface area contributed by atoms with Crippen molar-refractivity contribution in [1.82, 2.24) is 14.6 Å². The number of fused-ring (bicyclic) bond motifs is 1. The smallest absolute Gasteiger partial charge is 0.240 e. The van der Waals surface area contributed by atoms with Gasteiger partial charge in [-0.15, -0.1) is 5.10 Å². The zero-order valence-electron chi connectivity index (χ0n) is 11.0. The number of halogens is 1. The zero-order chi connectivity index (χ0) is 14.1. The molecule has 0 bridgehead atoms. The molecule has 0 aliphatic rings. The first-order valence-electron chi connectivity index (χ1n) is 6.23. The quantitative estimate of drug-likeness (QED) is 0.777. The van der Waals surface area contributed by atoms with Gasteiger partial charge in [0.2, 0.25) is 5.95 Å². The van der Waals surface area contributed by atoms with E-state index in [0.717, 1.165) is 27.5 Å². The van der Waals surface area contributed by atoms with E-state index in [1.807, 2.05) is 43.5 Å². The molecule has 2 heterocycles. The Balaban J connectivity index is 1.86. The van der Waals surface area contributed by atoms with Crippen LogP contribution in [0.1, 0.15) is 11.1 Å². The molecule has 3 rings (SSSR count). The molecule has 0 aliphatic carbocycles. The summed E-state index contributed by atoms with van der Waals surface area (Å²) in [4.78, 5) is 4.17. The number of nitrogens with two attached hydrogens (primary N) is 1. The molecule has 1 aromatic carbocycles. The van der Waals surface area contributed by atoms with Gasteiger partial charge >= 0.3 is 0 Å². The average molecular weight is 288 g/mol. The molecule has 0 fully saturated rings. The Morgan fingerprint density at radius 2 is 2.15 bits per heavy atom. The van der Waals surface area contributed by atoms with Crippen molar-refractivity contribution >= 4 is 28.9 Å². The van der Waals surface area contributed by atoms with E-state index in [1.165, 1.54) is 0 Å². The lowest BCUT2D eigenvalue weighted by molar-refractivity contribution is 0.958. The third-order valence-corrected chi connectivity index (χ3v) is 3.44. The molecule has 2 aromatic heterocycles. The minimum atomic E-state index is 0.274. The fourth-order valence-electron chi connectivity index (χ4n) is 2.10. The van der Waals surface area contributed by atoms with Crippen molar-refractivity contribution in [2.24, 2.45) is 0 Å². The predicted octanol–water partition coefficient (Wildman–Crippen LogP) is 2.89. The van der Waals surface area contributed by atoms with Crippen molar-refractivity contribution in [3.63, 3.8) is 0 Å². The van der Waals surface area contributed by atoms with Crippen LogP contribution in [0.15, 0.2) is 36.5 Å². The molecule has 0 atom stereocenters. The first-order chi connectivity index (χ1) is 9.63. The standard InChI is InChI=1S/C14H14ClN5/c1-9-6-11(8-20-13(9)18-14(16)19-20)17-7-10-4-2-3-5-12(10)15/h2-6,8,17H,7H2,1H3,(H2,16,19). The van der Waals surface area contributed by atoms with Crippen LogP contribution in [0, 0.1) is 6.92 Å². The Morgan fingerprint density at radius 3 is 2.95 bits per heavy atom. The van der Waals surface area contributed by atoms with Crippen LogP contribution in [0.3, 0.4) is 0 Å². The van der Waals surface area contributed by atoms with E-state index in [0.29, 0.717) is 6.54 Å². The van der Waals surface area contributed by atoms with Crippen LogP contribution in [0.4, 0.5) is 11.6 Å². The summed E-state index contributed by atoms with van der Waals surface area (Å²) in [5, 5.41) is 8.21. The molecular weight excluding hydrogens is 274 g/mol. The van der Waals surface area contributed by atoms with Gasteiger partial charge in [0.25, 0.3) is 0 Å². The van der Waals surface area contributed by atoms with Gasteiger partial charge in [-0.2, -0.15) is 4.98 Å². The predicted molar refractivity (Wildman–Crippen MR) is 80.9 cm³/mol. The van der Waals surface area contributed by atoms with Crippen molar-refractivity contribution in [3.05, 3.63) is 52.7 Å². The SMILES string of the molecule is Cc1cc(NCc2ccccc2Cl)cn2nc(N)nc12. The van der Waals surface area contributed by atoms with Crippen LogP contribution in [0.2, 0.25) is 5.02 Å². The summed E-state index contributed by atoms with van der Waals surface area (Å²) in [7, 11) is 0. The summed E-state index contributed by atoms with van der Waals surface area (Å²) in [5.41, 5.74) is 9.39. The Kier molecular flexibility index (Phi) is 3.20. The molecule has 6 heteroatoms. The minimum Gasteiger partial charge on any atom is -0.380 e. The highest BCUT2D eigenvalue weighted by Gasteiger charge is 2.06. The highest BCUT2D eigenvalue weighted by Crippen LogP contribution is 2.19. The number of pyridine rings is 1. The zero-order valence-corrected chi connectivity index (χ0v) is 11.7. The molecule has 0 spiro atoms. The van der Waals surface area contributed by atoms with Gasteiger partial charge < -0.3 is 11.1 Å². The Bertz CT molecular complexity index is 765. The second kappa shape index (κ2) is 5.02. The number of nitrogens with one attached hydrogen (secondary N) is 1. The molecule has 3 N–H and O–H groups in total. The highest BCUT2D eigenvalue weighted by atomic mass is 35.5. The molecule has 0 aliphatic heterocycles. The third-order valence-electron chi connectivity index (χ3n) is 3.07. The number of aromatic nitrogens is 3. The molecule has 3 aromatic rings. The Labute approximate surface area is 121 Å². The largest absolute Gasteiger partial charge is 0.380 e. The van der Waals surface area contributed by atoms with E-state index in [4.69, 9.17) is 17.3 Å². The van der Waals surface area contributed by atoms with Gasteiger partial charge in [0, 0.05) is 11.6 Å². The molecule has 20 heavy (non-hydrogen) atoms. The van der Waals surface area contributed by atoms with E-state index in [-0.39, 0.29) is 5.95 Å². The lowest BCUT2D eigenvalue weighted by atomic mass is 10.2. The van der Waals surface area contributed by atoms with Crippen LogP contribution >= 0.6 is 11.6 Å². The fourth-order valence-corrected chi connectivity index (χ4v) is 2.30. The van der Waals surface area contributed by atoms with Gasteiger partial charge in [-0.1, -0.05) is 29.8 Å².